The van der Waals surface area contributed by atoms with Gasteiger partial charge in [-0.05, 0) is 35.7 Å². The lowest BCUT2D eigenvalue weighted by Crippen LogP contribution is -1.98. The molecule has 0 fully saturated rings. The van der Waals surface area contributed by atoms with Crippen LogP contribution in [0.15, 0.2) is 54.7 Å². The molecule has 1 aromatic heterocycles. The van der Waals surface area contributed by atoms with E-state index in [0.29, 0.717) is 11.6 Å². The van der Waals surface area contributed by atoms with E-state index in [4.69, 9.17) is 21.4 Å². The molecule has 21 heavy (non-hydrogen) atoms. The first-order valence-corrected chi connectivity index (χ1v) is 6.57. The fraction of sp³-hybridized carbons (Fsp3) is 0. The molecule has 0 radical (unpaired) electrons. The van der Waals surface area contributed by atoms with Crippen LogP contribution in [0.1, 0.15) is 10.4 Å². The Hall–Kier alpha value is -2.59. The van der Waals surface area contributed by atoms with E-state index in [2.05, 4.69) is 4.98 Å². The maximum Gasteiger partial charge on any atom is 0.337 e. The van der Waals surface area contributed by atoms with E-state index in [0.717, 1.165) is 10.8 Å². The Morgan fingerprint density at radius 2 is 1.95 bits per heavy atom. The average molecular weight is 300 g/mol. The van der Waals surface area contributed by atoms with Crippen molar-refractivity contribution in [3.05, 3.63) is 65.3 Å². The van der Waals surface area contributed by atoms with E-state index < -0.39 is 5.97 Å². The Balaban J connectivity index is 2.03. The summed E-state index contributed by atoms with van der Waals surface area (Å²) in [6.07, 6.45) is 1.64. The molecule has 0 saturated heterocycles. The first-order chi connectivity index (χ1) is 10.1. The number of halogens is 1. The molecule has 0 amide bonds. The third-order valence-corrected chi connectivity index (χ3v) is 3.35. The van der Waals surface area contributed by atoms with Gasteiger partial charge < -0.3 is 9.84 Å². The molecule has 0 aliphatic rings. The molecular formula is C16H10ClNO3. The van der Waals surface area contributed by atoms with Crippen LogP contribution in [0.5, 0.6) is 11.6 Å². The van der Waals surface area contributed by atoms with Crippen LogP contribution in [-0.4, -0.2) is 16.1 Å². The Kier molecular flexibility index (Phi) is 3.46. The highest BCUT2D eigenvalue weighted by Crippen LogP contribution is 2.29. The lowest BCUT2D eigenvalue weighted by molar-refractivity contribution is 0.0696. The first-order valence-electron chi connectivity index (χ1n) is 6.19. The zero-order valence-corrected chi connectivity index (χ0v) is 11.5. The average Bonchev–Trinajstić information content (AvgIpc) is 2.49. The summed E-state index contributed by atoms with van der Waals surface area (Å²) < 4.78 is 5.70. The van der Waals surface area contributed by atoms with Crippen LogP contribution in [0.4, 0.5) is 0 Å². The van der Waals surface area contributed by atoms with Crippen LogP contribution in [-0.2, 0) is 0 Å². The van der Waals surface area contributed by atoms with Crippen molar-refractivity contribution >= 4 is 28.3 Å². The summed E-state index contributed by atoms with van der Waals surface area (Å²) in [7, 11) is 0. The highest BCUT2D eigenvalue weighted by atomic mass is 35.5. The molecule has 0 bridgehead atoms. The molecular weight excluding hydrogens is 290 g/mol. The van der Waals surface area contributed by atoms with Crippen LogP contribution in [0.3, 0.4) is 0 Å². The van der Waals surface area contributed by atoms with Crippen LogP contribution in [0.2, 0.25) is 5.02 Å². The topological polar surface area (TPSA) is 59.4 Å². The third kappa shape index (κ3) is 2.66. The molecule has 3 rings (SSSR count). The molecule has 0 aliphatic heterocycles. The predicted molar refractivity (Wildman–Crippen MR) is 80.2 cm³/mol. The van der Waals surface area contributed by atoms with Gasteiger partial charge in [0.25, 0.3) is 0 Å². The van der Waals surface area contributed by atoms with Crippen molar-refractivity contribution in [2.75, 3.05) is 0 Å². The standard InChI is InChI=1S/C16H10ClNO3/c17-14-6-5-11(9-13(14)16(19)20)21-15-12-4-2-1-3-10(12)7-8-18-15/h1-9H,(H,19,20). The molecule has 2 aromatic carbocycles. The minimum Gasteiger partial charge on any atom is -0.478 e. The van der Waals surface area contributed by atoms with Gasteiger partial charge in [-0.2, -0.15) is 0 Å². The number of ether oxygens (including phenoxy) is 1. The van der Waals surface area contributed by atoms with E-state index >= 15 is 0 Å². The van der Waals surface area contributed by atoms with Crippen LogP contribution >= 0.6 is 11.6 Å². The zero-order valence-electron chi connectivity index (χ0n) is 10.8. The van der Waals surface area contributed by atoms with Gasteiger partial charge in [0.1, 0.15) is 5.75 Å². The quantitative estimate of drug-likeness (QED) is 0.779. The summed E-state index contributed by atoms with van der Waals surface area (Å²) in [5, 5.41) is 11.1. The molecule has 0 unspecified atom stereocenters. The maximum atomic E-state index is 11.1. The summed E-state index contributed by atoms with van der Waals surface area (Å²) in [5.41, 5.74) is -0.00518. The van der Waals surface area contributed by atoms with Crippen molar-refractivity contribution in [1.29, 1.82) is 0 Å². The Labute approximate surface area is 125 Å². The molecule has 1 N–H and O–H groups in total. The van der Waals surface area contributed by atoms with Crippen molar-refractivity contribution in [2.45, 2.75) is 0 Å². The SMILES string of the molecule is O=C(O)c1cc(Oc2nccc3ccccc23)ccc1Cl. The molecule has 104 valence electrons. The zero-order chi connectivity index (χ0) is 14.8. The highest BCUT2D eigenvalue weighted by Gasteiger charge is 2.11. The predicted octanol–water partition coefficient (Wildman–Crippen LogP) is 4.38. The van der Waals surface area contributed by atoms with Gasteiger partial charge in [-0.3, -0.25) is 0 Å². The molecule has 0 spiro atoms. The summed E-state index contributed by atoms with van der Waals surface area (Å²) in [6, 6.07) is 14.0. The van der Waals surface area contributed by atoms with Gasteiger partial charge in [-0.25, -0.2) is 9.78 Å². The smallest absolute Gasteiger partial charge is 0.337 e. The molecule has 4 nitrogen and oxygen atoms in total. The normalized spacial score (nSPS) is 10.5. The monoisotopic (exact) mass is 299 g/mol. The van der Waals surface area contributed by atoms with Crippen molar-refractivity contribution in [1.82, 2.24) is 4.98 Å². The van der Waals surface area contributed by atoms with Crippen LogP contribution in [0.25, 0.3) is 10.8 Å². The number of aromatic carboxylic acids is 1. The summed E-state index contributed by atoms with van der Waals surface area (Å²) in [4.78, 5) is 15.3. The summed E-state index contributed by atoms with van der Waals surface area (Å²) >= 11 is 5.84. The van der Waals surface area contributed by atoms with E-state index in [9.17, 15) is 4.79 Å². The number of carboxylic acids is 1. The van der Waals surface area contributed by atoms with Gasteiger partial charge in [0, 0.05) is 11.6 Å². The first kappa shape index (κ1) is 13.4. The number of benzene rings is 2. The van der Waals surface area contributed by atoms with Gasteiger partial charge >= 0.3 is 5.97 Å². The Morgan fingerprint density at radius 1 is 1.14 bits per heavy atom. The fourth-order valence-electron chi connectivity index (χ4n) is 2.02. The minimum atomic E-state index is -1.10. The van der Waals surface area contributed by atoms with Gasteiger partial charge in [0.15, 0.2) is 0 Å². The van der Waals surface area contributed by atoms with Crippen LogP contribution < -0.4 is 4.74 Å². The molecule has 0 atom stereocenters. The number of hydrogen-bond acceptors (Lipinski definition) is 3. The number of carboxylic acid groups (broad SMARTS) is 1. The van der Waals surface area contributed by atoms with Gasteiger partial charge in [0.05, 0.1) is 10.6 Å². The molecule has 1 heterocycles. The third-order valence-electron chi connectivity index (χ3n) is 3.02. The summed E-state index contributed by atoms with van der Waals surface area (Å²) in [5.74, 6) is -0.302. The largest absolute Gasteiger partial charge is 0.478 e. The molecule has 3 aromatic rings. The minimum absolute atomic E-state index is 0.00518. The lowest BCUT2D eigenvalue weighted by atomic mass is 10.2. The van der Waals surface area contributed by atoms with E-state index in [1.807, 2.05) is 30.3 Å². The highest BCUT2D eigenvalue weighted by molar-refractivity contribution is 6.33. The second-order valence-corrected chi connectivity index (χ2v) is 4.79. The van der Waals surface area contributed by atoms with Gasteiger partial charge in [-0.15, -0.1) is 0 Å². The number of hydrogen-bond donors (Lipinski definition) is 1. The number of nitrogens with zero attached hydrogens (tertiary/aromatic N) is 1. The fourth-order valence-corrected chi connectivity index (χ4v) is 2.22. The molecule has 5 heteroatoms. The number of fused-ring (bicyclic) bond motifs is 1. The Morgan fingerprint density at radius 3 is 2.76 bits per heavy atom. The van der Waals surface area contributed by atoms with Gasteiger partial charge in [0.2, 0.25) is 5.88 Å². The molecule has 0 aliphatic carbocycles. The van der Waals surface area contributed by atoms with Crippen molar-refractivity contribution in [2.24, 2.45) is 0 Å². The van der Waals surface area contributed by atoms with Gasteiger partial charge in [-0.1, -0.05) is 29.8 Å². The number of carbonyl (C=O) groups is 1. The second kappa shape index (κ2) is 5.42. The van der Waals surface area contributed by atoms with E-state index in [1.54, 1.807) is 12.3 Å². The van der Waals surface area contributed by atoms with Crippen molar-refractivity contribution in [3.8, 4) is 11.6 Å². The van der Waals surface area contributed by atoms with E-state index in [-0.39, 0.29) is 10.6 Å². The lowest BCUT2D eigenvalue weighted by Gasteiger charge is -2.09. The van der Waals surface area contributed by atoms with Crippen LogP contribution in [0, 0.1) is 0 Å². The molecule has 0 saturated carbocycles. The summed E-state index contributed by atoms with van der Waals surface area (Å²) in [6.45, 7) is 0. The van der Waals surface area contributed by atoms with Crippen molar-refractivity contribution < 1.29 is 14.6 Å². The number of aromatic nitrogens is 1. The number of pyridine rings is 1. The van der Waals surface area contributed by atoms with E-state index in [1.165, 1.54) is 12.1 Å². The van der Waals surface area contributed by atoms with Crippen molar-refractivity contribution in [3.63, 3.8) is 0 Å². The maximum absolute atomic E-state index is 11.1. The number of rotatable bonds is 3. The second-order valence-electron chi connectivity index (χ2n) is 4.39. The Bertz CT molecular complexity index is 827.